The van der Waals surface area contributed by atoms with Crippen LogP contribution in [-0.2, 0) is 4.79 Å². The third-order valence-corrected chi connectivity index (χ3v) is 4.69. The SMILES string of the molecule is Cc1ccc(Oc2ccc(OCC(=O)Nc3n[nH]c(-c4ccncc4)c3C)cc2)cc1. The van der Waals surface area contributed by atoms with Gasteiger partial charge in [0, 0.05) is 23.5 Å². The van der Waals surface area contributed by atoms with Crippen molar-refractivity contribution in [3.63, 3.8) is 0 Å². The van der Waals surface area contributed by atoms with Crippen LogP contribution in [0.25, 0.3) is 11.3 Å². The number of benzene rings is 2. The van der Waals surface area contributed by atoms with Crippen LogP contribution in [0.3, 0.4) is 0 Å². The molecule has 2 heterocycles. The maximum absolute atomic E-state index is 12.3. The molecule has 0 aliphatic carbocycles. The lowest BCUT2D eigenvalue weighted by Crippen LogP contribution is -2.20. The van der Waals surface area contributed by atoms with E-state index in [1.165, 1.54) is 5.56 Å². The van der Waals surface area contributed by atoms with E-state index in [0.29, 0.717) is 17.3 Å². The number of aryl methyl sites for hydroxylation is 1. The van der Waals surface area contributed by atoms with Crippen molar-refractivity contribution < 1.29 is 14.3 Å². The van der Waals surface area contributed by atoms with Gasteiger partial charge in [-0.2, -0.15) is 5.10 Å². The second kappa shape index (κ2) is 9.13. The zero-order chi connectivity index (χ0) is 21.6. The molecule has 0 saturated carbocycles. The van der Waals surface area contributed by atoms with Crippen molar-refractivity contribution in [3.8, 4) is 28.5 Å². The molecule has 0 radical (unpaired) electrons. The summed E-state index contributed by atoms with van der Waals surface area (Å²) in [5, 5.41) is 9.92. The Kier molecular flexibility index (Phi) is 5.93. The first-order chi connectivity index (χ1) is 15.1. The Morgan fingerprint density at radius 1 is 0.903 bits per heavy atom. The summed E-state index contributed by atoms with van der Waals surface area (Å²) >= 11 is 0. The number of carbonyl (C=O) groups is 1. The van der Waals surface area contributed by atoms with Gasteiger partial charge in [-0.3, -0.25) is 14.9 Å². The molecule has 156 valence electrons. The number of ether oxygens (including phenoxy) is 2. The fourth-order valence-corrected chi connectivity index (χ4v) is 2.98. The second-order valence-corrected chi connectivity index (χ2v) is 7.03. The molecular weight excluding hydrogens is 392 g/mol. The van der Waals surface area contributed by atoms with E-state index in [1.54, 1.807) is 36.7 Å². The zero-order valence-electron chi connectivity index (χ0n) is 17.3. The van der Waals surface area contributed by atoms with Crippen LogP contribution in [0.1, 0.15) is 11.1 Å². The van der Waals surface area contributed by atoms with Gasteiger partial charge in [-0.25, -0.2) is 0 Å². The third-order valence-electron chi connectivity index (χ3n) is 4.69. The van der Waals surface area contributed by atoms with E-state index in [4.69, 9.17) is 9.47 Å². The summed E-state index contributed by atoms with van der Waals surface area (Å²) in [5.74, 6) is 2.20. The average Bonchev–Trinajstić information content (AvgIpc) is 3.15. The Balaban J connectivity index is 1.31. The van der Waals surface area contributed by atoms with E-state index in [0.717, 1.165) is 22.6 Å². The van der Waals surface area contributed by atoms with Crippen LogP contribution in [0.5, 0.6) is 17.2 Å². The van der Waals surface area contributed by atoms with Crippen molar-refractivity contribution in [2.24, 2.45) is 0 Å². The minimum atomic E-state index is -0.295. The predicted octanol–water partition coefficient (Wildman–Crippen LogP) is 4.90. The van der Waals surface area contributed by atoms with Gasteiger partial charge in [0.15, 0.2) is 12.4 Å². The molecule has 0 saturated heterocycles. The van der Waals surface area contributed by atoms with Crippen molar-refractivity contribution in [3.05, 3.63) is 84.2 Å². The molecule has 0 unspecified atom stereocenters. The van der Waals surface area contributed by atoms with Crippen LogP contribution >= 0.6 is 0 Å². The standard InChI is InChI=1S/C24H22N4O3/c1-16-3-5-20(6-4-16)31-21-9-7-19(8-10-21)30-15-22(29)26-24-17(2)23(27-28-24)18-11-13-25-14-12-18/h3-14H,15H2,1-2H3,(H2,26,27,28,29). The highest BCUT2D eigenvalue weighted by atomic mass is 16.5. The molecule has 31 heavy (non-hydrogen) atoms. The lowest BCUT2D eigenvalue weighted by Gasteiger charge is -2.09. The first-order valence-corrected chi connectivity index (χ1v) is 9.81. The minimum absolute atomic E-state index is 0.130. The smallest absolute Gasteiger partial charge is 0.263 e. The lowest BCUT2D eigenvalue weighted by molar-refractivity contribution is -0.118. The molecule has 7 nitrogen and oxygen atoms in total. The summed E-state index contributed by atoms with van der Waals surface area (Å²) in [7, 11) is 0. The summed E-state index contributed by atoms with van der Waals surface area (Å²) in [6, 6.07) is 18.7. The minimum Gasteiger partial charge on any atom is -0.484 e. The number of anilines is 1. The topological polar surface area (TPSA) is 89.1 Å². The Morgan fingerprint density at radius 3 is 2.19 bits per heavy atom. The predicted molar refractivity (Wildman–Crippen MR) is 118 cm³/mol. The molecule has 2 N–H and O–H groups in total. The van der Waals surface area contributed by atoms with Gasteiger partial charge in [-0.05, 0) is 62.4 Å². The molecule has 7 heteroatoms. The number of nitrogens with one attached hydrogen (secondary N) is 2. The number of aromatic nitrogens is 3. The highest BCUT2D eigenvalue weighted by Gasteiger charge is 2.13. The first-order valence-electron chi connectivity index (χ1n) is 9.81. The van der Waals surface area contributed by atoms with Crippen LogP contribution in [0.15, 0.2) is 73.1 Å². The average molecular weight is 414 g/mol. The van der Waals surface area contributed by atoms with Crippen LogP contribution in [0.4, 0.5) is 5.82 Å². The number of carbonyl (C=O) groups excluding carboxylic acids is 1. The maximum Gasteiger partial charge on any atom is 0.263 e. The van der Waals surface area contributed by atoms with Gasteiger partial charge in [0.2, 0.25) is 0 Å². The Bertz CT molecular complexity index is 1150. The normalized spacial score (nSPS) is 10.5. The van der Waals surface area contributed by atoms with Gasteiger partial charge in [0.1, 0.15) is 17.2 Å². The Morgan fingerprint density at radius 2 is 1.52 bits per heavy atom. The lowest BCUT2D eigenvalue weighted by atomic mass is 10.1. The highest BCUT2D eigenvalue weighted by molar-refractivity contribution is 5.92. The summed E-state index contributed by atoms with van der Waals surface area (Å²) in [4.78, 5) is 16.3. The molecule has 0 fully saturated rings. The van der Waals surface area contributed by atoms with Crippen molar-refractivity contribution >= 4 is 11.7 Å². The third kappa shape index (κ3) is 5.08. The van der Waals surface area contributed by atoms with Crippen LogP contribution in [0.2, 0.25) is 0 Å². The number of rotatable bonds is 7. The van der Waals surface area contributed by atoms with Crippen molar-refractivity contribution in [2.75, 3.05) is 11.9 Å². The largest absolute Gasteiger partial charge is 0.484 e. The number of amides is 1. The van der Waals surface area contributed by atoms with E-state index >= 15 is 0 Å². The first kappa shape index (κ1) is 20.2. The number of hydrogen-bond acceptors (Lipinski definition) is 5. The summed E-state index contributed by atoms with van der Waals surface area (Å²) in [6.07, 6.45) is 3.41. The van der Waals surface area contributed by atoms with Crippen LogP contribution in [-0.4, -0.2) is 27.7 Å². The van der Waals surface area contributed by atoms with Gasteiger partial charge >= 0.3 is 0 Å². The molecule has 0 bridgehead atoms. The summed E-state index contributed by atoms with van der Waals surface area (Å²) < 4.78 is 11.4. The van der Waals surface area contributed by atoms with Crippen LogP contribution < -0.4 is 14.8 Å². The van der Waals surface area contributed by atoms with Gasteiger partial charge < -0.3 is 14.8 Å². The van der Waals surface area contributed by atoms with Crippen LogP contribution in [0, 0.1) is 13.8 Å². The van der Waals surface area contributed by atoms with E-state index in [-0.39, 0.29) is 12.5 Å². The molecule has 2 aromatic carbocycles. The molecule has 0 atom stereocenters. The molecular formula is C24H22N4O3. The number of hydrogen-bond donors (Lipinski definition) is 2. The molecule has 0 aliphatic rings. The molecule has 2 aromatic heterocycles. The van der Waals surface area contributed by atoms with Gasteiger partial charge in [0.25, 0.3) is 5.91 Å². The van der Waals surface area contributed by atoms with E-state index < -0.39 is 0 Å². The quantitative estimate of drug-likeness (QED) is 0.449. The second-order valence-electron chi connectivity index (χ2n) is 7.03. The fraction of sp³-hybridized carbons (Fsp3) is 0.125. The number of pyridine rings is 1. The van der Waals surface area contributed by atoms with Gasteiger partial charge in [-0.1, -0.05) is 17.7 Å². The van der Waals surface area contributed by atoms with E-state index in [9.17, 15) is 4.79 Å². The molecule has 4 aromatic rings. The van der Waals surface area contributed by atoms with Crippen molar-refractivity contribution in [2.45, 2.75) is 13.8 Å². The number of H-pyrrole nitrogens is 1. The van der Waals surface area contributed by atoms with Gasteiger partial charge in [0.05, 0.1) is 5.69 Å². The Hall–Kier alpha value is -4.13. The van der Waals surface area contributed by atoms with E-state index in [1.807, 2.05) is 50.2 Å². The summed E-state index contributed by atoms with van der Waals surface area (Å²) in [5.41, 5.74) is 3.80. The molecule has 0 aliphatic heterocycles. The zero-order valence-corrected chi connectivity index (χ0v) is 17.3. The number of aromatic amines is 1. The van der Waals surface area contributed by atoms with Crippen molar-refractivity contribution in [1.82, 2.24) is 15.2 Å². The summed E-state index contributed by atoms with van der Waals surface area (Å²) in [6.45, 7) is 3.79. The molecule has 4 rings (SSSR count). The maximum atomic E-state index is 12.3. The number of nitrogens with zero attached hydrogens (tertiary/aromatic N) is 2. The Labute approximate surface area is 180 Å². The van der Waals surface area contributed by atoms with Gasteiger partial charge in [-0.15, -0.1) is 0 Å². The van der Waals surface area contributed by atoms with E-state index in [2.05, 4.69) is 20.5 Å². The monoisotopic (exact) mass is 414 g/mol. The molecule has 1 amide bonds. The van der Waals surface area contributed by atoms with Crippen molar-refractivity contribution in [1.29, 1.82) is 0 Å². The fourth-order valence-electron chi connectivity index (χ4n) is 2.98. The highest BCUT2D eigenvalue weighted by Crippen LogP contribution is 2.26. The molecule has 0 spiro atoms.